The molecular formula is C14H7FN4O2. The normalized spacial score (nSPS) is 13.1. The zero-order valence-corrected chi connectivity index (χ0v) is 10.5. The van der Waals surface area contributed by atoms with E-state index in [4.69, 9.17) is 5.53 Å². The molecule has 2 aromatic rings. The van der Waals surface area contributed by atoms with Crippen molar-refractivity contribution in [3.05, 3.63) is 69.9 Å². The first kappa shape index (κ1) is 12.8. The number of hydrogen-bond acceptors (Lipinski definition) is 3. The molecule has 0 aliphatic carbocycles. The fraction of sp³-hybridized carbons (Fsp3) is 0. The van der Waals surface area contributed by atoms with Crippen molar-refractivity contribution in [2.45, 2.75) is 0 Å². The molecule has 0 N–H and O–H groups in total. The Morgan fingerprint density at radius 3 is 2.24 bits per heavy atom. The number of rotatable bonds is 2. The summed E-state index contributed by atoms with van der Waals surface area (Å²) in [6, 6.07) is 9.66. The third kappa shape index (κ3) is 1.92. The molecule has 1 aliphatic heterocycles. The van der Waals surface area contributed by atoms with E-state index in [0.29, 0.717) is 0 Å². The first-order chi connectivity index (χ1) is 10.1. The molecule has 0 aromatic heterocycles. The van der Waals surface area contributed by atoms with E-state index in [-0.39, 0.29) is 22.5 Å². The SMILES string of the molecule is [N-]=[N+]=Nc1cc(F)ccc1N1C(=O)c2ccccc2C1=O. The van der Waals surface area contributed by atoms with E-state index in [1.54, 1.807) is 12.1 Å². The highest BCUT2D eigenvalue weighted by Crippen LogP contribution is 2.35. The fourth-order valence-electron chi connectivity index (χ4n) is 2.22. The molecule has 7 heteroatoms. The molecule has 0 atom stereocenters. The molecular weight excluding hydrogens is 275 g/mol. The first-order valence-electron chi connectivity index (χ1n) is 5.96. The van der Waals surface area contributed by atoms with E-state index in [1.807, 2.05) is 0 Å². The predicted octanol–water partition coefficient (Wildman–Crippen LogP) is 3.57. The summed E-state index contributed by atoms with van der Waals surface area (Å²) in [6.07, 6.45) is 0. The van der Waals surface area contributed by atoms with Gasteiger partial charge in [-0.05, 0) is 35.9 Å². The number of anilines is 1. The number of benzene rings is 2. The lowest BCUT2D eigenvalue weighted by Crippen LogP contribution is -2.29. The van der Waals surface area contributed by atoms with Crippen molar-refractivity contribution in [1.29, 1.82) is 0 Å². The second kappa shape index (κ2) is 4.73. The number of carbonyl (C=O) groups excluding carboxylic acids is 2. The largest absolute Gasteiger partial charge is 0.268 e. The quantitative estimate of drug-likeness (QED) is 0.365. The molecule has 0 radical (unpaired) electrons. The molecule has 0 saturated carbocycles. The monoisotopic (exact) mass is 282 g/mol. The van der Waals surface area contributed by atoms with Crippen LogP contribution in [0.3, 0.4) is 0 Å². The van der Waals surface area contributed by atoms with Gasteiger partial charge in [-0.3, -0.25) is 9.59 Å². The standard InChI is InChI=1S/C14H7FN4O2/c15-8-5-6-12(11(7-8)17-18-16)19-13(20)9-3-1-2-4-10(9)14(19)21/h1-7H. The lowest BCUT2D eigenvalue weighted by Gasteiger charge is -2.16. The van der Waals surface area contributed by atoms with Gasteiger partial charge in [0.15, 0.2) is 0 Å². The van der Waals surface area contributed by atoms with Gasteiger partial charge in [-0.15, -0.1) is 0 Å². The molecule has 0 unspecified atom stereocenters. The van der Waals surface area contributed by atoms with Crippen molar-refractivity contribution >= 4 is 23.2 Å². The number of azide groups is 1. The van der Waals surface area contributed by atoms with Gasteiger partial charge < -0.3 is 0 Å². The number of amides is 2. The highest BCUT2D eigenvalue weighted by molar-refractivity contribution is 6.35. The van der Waals surface area contributed by atoms with Crippen LogP contribution in [0.5, 0.6) is 0 Å². The van der Waals surface area contributed by atoms with E-state index in [1.165, 1.54) is 18.2 Å². The van der Waals surface area contributed by atoms with Crippen molar-refractivity contribution in [1.82, 2.24) is 0 Å². The van der Waals surface area contributed by atoms with Crippen molar-refractivity contribution in [3.8, 4) is 0 Å². The van der Waals surface area contributed by atoms with Gasteiger partial charge in [-0.2, -0.15) is 0 Å². The van der Waals surface area contributed by atoms with Gasteiger partial charge in [0.05, 0.1) is 22.5 Å². The summed E-state index contributed by atoms with van der Waals surface area (Å²) in [4.78, 5) is 28.1. The molecule has 2 aromatic carbocycles. The first-order valence-corrected chi connectivity index (χ1v) is 5.96. The zero-order chi connectivity index (χ0) is 15.0. The van der Waals surface area contributed by atoms with Crippen molar-refractivity contribution < 1.29 is 14.0 Å². The van der Waals surface area contributed by atoms with Gasteiger partial charge in [-0.1, -0.05) is 17.2 Å². The van der Waals surface area contributed by atoms with Gasteiger partial charge in [0, 0.05) is 4.91 Å². The molecule has 0 fully saturated rings. The molecule has 1 aliphatic rings. The van der Waals surface area contributed by atoms with Crippen LogP contribution in [0.15, 0.2) is 47.6 Å². The summed E-state index contributed by atoms with van der Waals surface area (Å²) in [7, 11) is 0. The van der Waals surface area contributed by atoms with Crippen LogP contribution < -0.4 is 4.90 Å². The number of fused-ring (bicyclic) bond motifs is 1. The molecule has 1 heterocycles. The topological polar surface area (TPSA) is 86.1 Å². The van der Waals surface area contributed by atoms with Gasteiger partial charge in [0.1, 0.15) is 5.82 Å². The minimum atomic E-state index is -0.627. The number of imide groups is 1. The summed E-state index contributed by atoms with van der Waals surface area (Å²) >= 11 is 0. The Bertz CT molecular complexity index is 792. The van der Waals surface area contributed by atoms with Crippen LogP contribution in [0.1, 0.15) is 20.7 Å². The molecule has 3 rings (SSSR count). The van der Waals surface area contributed by atoms with Crippen LogP contribution in [0, 0.1) is 5.82 Å². The van der Waals surface area contributed by atoms with Crippen LogP contribution in [0.25, 0.3) is 10.4 Å². The number of nitrogens with zero attached hydrogens (tertiary/aromatic N) is 4. The molecule has 0 bridgehead atoms. The average Bonchev–Trinajstić information content (AvgIpc) is 2.73. The second-order valence-electron chi connectivity index (χ2n) is 4.31. The van der Waals surface area contributed by atoms with E-state index >= 15 is 0 Å². The van der Waals surface area contributed by atoms with Crippen LogP contribution in [-0.2, 0) is 0 Å². The summed E-state index contributed by atoms with van der Waals surface area (Å²) < 4.78 is 13.2. The molecule has 21 heavy (non-hydrogen) atoms. The maximum absolute atomic E-state index is 13.2. The van der Waals surface area contributed by atoms with Gasteiger partial charge in [0.25, 0.3) is 11.8 Å². The molecule has 6 nitrogen and oxygen atoms in total. The molecule has 102 valence electrons. The van der Waals surface area contributed by atoms with Crippen LogP contribution in [-0.4, -0.2) is 11.8 Å². The Morgan fingerprint density at radius 1 is 1.05 bits per heavy atom. The third-order valence-electron chi connectivity index (χ3n) is 3.12. The van der Waals surface area contributed by atoms with Crippen LogP contribution in [0.4, 0.5) is 15.8 Å². The van der Waals surface area contributed by atoms with E-state index < -0.39 is 17.6 Å². The van der Waals surface area contributed by atoms with E-state index in [2.05, 4.69) is 10.0 Å². The van der Waals surface area contributed by atoms with Gasteiger partial charge in [0.2, 0.25) is 0 Å². The Morgan fingerprint density at radius 2 is 1.67 bits per heavy atom. The summed E-state index contributed by atoms with van der Waals surface area (Å²) in [6.45, 7) is 0. The Kier molecular flexibility index (Phi) is 2.89. The lowest BCUT2D eigenvalue weighted by atomic mass is 10.1. The second-order valence-corrected chi connectivity index (χ2v) is 4.31. The molecule has 2 amide bonds. The highest BCUT2D eigenvalue weighted by Gasteiger charge is 2.37. The number of hydrogen-bond donors (Lipinski definition) is 0. The minimum Gasteiger partial charge on any atom is -0.268 e. The lowest BCUT2D eigenvalue weighted by molar-refractivity contribution is 0.0926. The fourth-order valence-corrected chi connectivity index (χ4v) is 2.22. The van der Waals surface area contributed by atoms with Crippen LogP contribution in [0.2, 0.25) is 0 Å². The molecule has 0 saturated heterocycles. The number of halogens is 1. The van der Waals surface area contributed by atoms with Crippen molar-refractivity contribution in [2.24, 2.45) is 5.11 Å². The minimum absolute atomic E-state index is 0.0559. The van der Waals surface area contributed by atoms with Crippen molar-refractivity contribution in [3.63, 3.8) is 0 Å². The van der Waals surface area contributed by atoms with E-state index in [9.17, 15) is 14.0 Å². The number of carbonyl (C=O) groups is 2. The summed E-state index contributed by atoms with van der Waals surface area (Å²) in [5.41, 5.74) is 8.99. The maximum atomic E-state index is 13.2. The Hall–Kier alpha value is -3.18. The highest BCUT2D eigenvalue weighted by atomic mass is 19.1. The predicted molar refractivity (Wildman–Crippen MR) is 72.8 cm³/mol. The average molecular weight is 282 g/mol. The third-order valence-corrected chi connectivity index (χ3v) is 3.12. The maximum Gasteiger partial charge on any atom is 0.266 e. The van der Waals surface area contributed by atoms with Crippen LogP contribution >= 0.6 is 0 Å². The van der Waals surface area contributed by atoms with Gasteiger partial charge in [-0.25, -0.2) is 9.29 Å². The summed E-state index contributed by atoms with van der Waals surface area (Å²) in [5.74, 6) is -1.69. The van der Waals surface area contributed by atoms with Gasteiger partial charge >= 0.3 is 0 Å². The molecule has 0 spiro atoms. The Labute approximate surface area is 118 Å². The van der Waals surface area contributed by atoms with E-state index in [0.717, 1.165) is 17.0 Å². The zero-order valence-electron chi connectivity index (χ0n) is 10.5. The smallest absolute Gasteiger partial charge is 0.266 e. The van der Waals surface area contributed by atoms with Crippen molar-refractivity contribution in [2.75, 3.05) is 4.90 Å². The Balaban J connectivity index is 2.18. The summed E-state index contributed by atoms with van der Waals surface area (Å²) in [5, 5.41) is 3.34.